The molecule has 6 heteroatoms. The highest BCUT2D eigenvalue weighted by Crippen LogP contribution is 2.13. The van der Waals surface area contributed by atoms with Gasteiger partial charge in [-0.05, 0) is 45.1 Å². The van der Waals surface area contributed by atoms with E-state index in [1.54, 1.807) is 12.1 Å². The molecule has 1 aliphatic rings. The number of nitrogens with zero attached hydrogens (tertiary/aromatic N) is 1. The summed E-state index contributed by atoms with van der Waals surface area (Å²) in [6.45, 7) is 2.07. The van der Waals surface area contributed by atoms with Crippen molar-refractivity contribution in [2.24, 2.45) is 0 Å². The molecule has 0 unspecified atom stereocenters. The van der Waals surface area contributed by atoms with Crippen molar-refractivity contribution < 1.29 is 4.79 Å². The lowest BCUT2D eigenvalue weighted by Gasteiger charge is -2.29. The Hall–Kier alpha value is -0.970. The molecule has 3 N–H and O–H groups in total. The molecular weight excluding hydrogens is 285 g/mol. The van der Waals surface area contributed by atoms with E-state index in [-0.39, 0.29) is 36.8 Å². The molecule has 1 fully saturated rings. The van der Waals surface area contributed by atoms with Crippen LogP contribution in [0, 0.1) is 0 Å². The number of benzene rings is 1. The van der Waals surface area contributed by atoms with Gasteiger partial charge in [-0.1, -0.05) is 12.1 Å². The number of anilines is 1. The predicted octanol–water partition coefficient (Wildman–Crippen LogP) is 1.94. The van der Waals surface area contributed by atoms with E-state index < -0.39 is 0 Å². The first-order chi connectivity index (χ1) is 8.16. The Kier molecular flexibility index (Phi) is 7.83. The summed E-state index contributed by atoms with van der Waals surface area (Å²) in [4.78, 5) is 14.3. The van der Waals surface area contributed by atoms with Gasteiger partial charge >= 0.3 is 0 Å². The summed E-state index contributed by atoms with van der Waals surface area (Å²) in [7, 11) is 2.10. The zero-order valence-electron chi connectivity index (χ0n) is 11.0. The van der Waals surface area contributed by atoms with Crippen LogP contribution in [0.5, 0.6) is 0 Å². The quantitative estimate of drug-likeness (QED) is 0.821. The van der Waals surface area contributed by atoms with Gasteiger partial charge in [0.2, 0.25) is 0 Å². The minimum Gasteiger partial charge on any atom is -0.398 e. The average molecular weight is 306 g/mol. The van der Waals surface area contributed by atoms with Crippen molar-refractivity contribution in [3.63, 3.8) is 0 Å². The Bertz CT molecular complexity index is 407. The summed E-state index contributed by atoms with van der Waals surface area (Å²) >= 11 is 0. The summed E-state index contributed by atoms with van der Waals surface area (Å²) in [5.41, 5.74) is 6.89. The second-order valence-electron chi connectivity index (χ2n) is 4.64. The molecular formula is C13H21Cl2N3O. The number of para-hydroxylation sites is 1. The number of amides is 1. The first kappa shape index (κ1) is 18.0. The lowest BCUT2D eigenvalue weighted by atomic mass is 10.0. The average Bonchev–Trinajstić information content (AvgIpc) is 2.32. The van der Waals surface area contributed by atoms with Gasteiger partial charge in [0.05, 0.1) is 5.56 Å². The fraction of sp³-hybridized carbons (Fsp3) is 0.462. The molecule has 2 rings (SSSR count). The van der Waals surface area contributed by atoms with Gasteiger partial charge in [0, 0.05) is 11.7 Å². The normalized spacial score (nSPS) is 16.1. The topological polar surface area (TPSA) is 58.4 Å². The van der Waals surface area contributed by atoms with Crippen molar-refractivity contribution in [2.75, 3.05) is 25.9 Å². The molecule has 4 nitrogen and oxygen atoms in total. The van der Waals surface area contributed by atoms with Crippen LogP contribution in [0.15, 0.2) is 24.3 Å². The first-order valence-electron chi connectivity index (χ1n) is 6.00. The molecule has 108 valence electrons. The number of likely N-dealkylation sites (tertiary alicyclic amines) is 1. The molecule has 1 aromatic rings. The maximum Gasteiger partial charge on any atom is 0.253 e. The smallest absolute Gasteiger partial charge is 0.253 e. The van der Waals surface area contributed by atoms with E-state index in [1.165, 1.54) is 0 Å². The molecule has 1 saturated heterocycles. The second-order valence-corrected chi connectivity index (χ2v) is 4.64. The Balaban J connectivity index is 0.00000162. The molecule has 0 bridgehead atoms. The lowest BCUT2D eigenvalue weighted by molar-refractivity contribution is 0.0918. The number of nitrogens with one attached hydrogen (secondary N) is 1. The highest BCUT2D eigenvalue weighted by molar-refractivity contribution is 5.99. The molecule has 1 aromatic carbocycles. The zero-order valence-corrected chi connectivity index (χ0v) is 12.6. The molecule has 0 saturated carbocycles. The van der Waals surface area contributed by atoms with Crippen LogP contribution in [0.25, 0.3) is 0 Å². The maximum absolute atomic E-state index is 12.0. The number of halogens is 2. The summed E-state index contributed by atoms with van der Waals surface area (Å²) in [5.74, 6) is -0.0577. The summed E-state index contributed by atoms with van der Waals surface area (Å²) in [6, 6.07) is 7.46. The summed E-state index contributed by atoms with van der Waals surface area (Å²) in [6.07, 6.45) is 2.02. The van der Waals surface area contributed by atoms with Crippen LogP contribution < -0.4 is 11.1 Å². The highest BCUT2D eigenvalue weighted by Gasteiger charge is 2.19. The van der Waals surface area contributed by atoms with Gasteiger partial charge in [-0.2, -0.15) is 0 Å². The van der Waals surface area contributed by atoms with E-state index in [4.69, 9.17) is 5.73 Å². The van der Waals surface area contributed by atoms with Gasteiger partial charge in [-0.15, -0.1) is 24.8 Å². The Morgan fingerprint density at radius 2 is 1.84 bits per heavy atom. The van der Waals surface area contributed by atoms with Gasteiger partial charge in [0.25, 0.3) is 5.91 Å². The maximum atomic E-state index is 12.0. The molecule has 0 spiro atoms. The van der Waals surface area contributed by atoms with E-state index in [0.717, 1.165) is 25.9 Å². The molecule has 0 aromatic heterocycles. The van der Waals surface area contributed by atoms with Crippen LogP contribution >= 0.6 is 24.8 Å². The van der Waals surface area contributed by atoms with Gasteiger partial charge in [0.15, 0.2) is 0 Å². The minimum absolute atomic E-state index is 0. The van der Waals surface area contributed by atoms with Crippen molar-refractivity contribution in [1.29, 1.82) is 0 Å². The number of hydrogen-bond donors (Lipinski definition) is 2. The number of hydrogen-bond acceptors (Lipinski definition) is 3. The fourth-order valence-corrected chi connectivity index (χ4v) is 2.12. The van der Waals surface area contributed by atoms with Crippen LogP contribution in [-0.2, 0) is 0 Å². The van der Waals surface area contributed by atoms with Crippen molar-refractivity contribution in [2.45, 2.75) is 18.9 Å². The Labute approximate surface area is 126 Å². The van der Waals surface area contributed by atoms with Gasteiger partial charge in [-0.3, -0.25) is 4.79 Å². The molecule has 1 amide bonds. The first-order valence-corrected chi connectivity index (χ1v) is 6.00. The van der Waals surface area contributed by atoms with Crippen LogP contribution in [0.2, 0.25) is 0 Å². The molecule has 0 radical (unpaired) electrons. The molecule has 0 aliphatic carbocycles. The van der Waals surface area contributed by atoms with Crippen molar-refractivity contribution in [1.82, 2.24) is 10.2 Å². The summed E-state index contributed by atoms with van der Waals surface area (Å²) < 4.78 is 0. The zero-order chi connectivity index (χ0) is 12.3. The van der Waals surface area contributed by atoms with Crippen molar-refractivity contribution >= 4 is 36.4 Å². The predicted molar refractivity (Wildman–Crippen MR) is 83.3 cm³/mol. The molecule has 1 aliphatic heterocycles. The second kappa shape index (κ2) is 8.25. The number of rotatable bonds is 2. The monoisotopic (exact) mass is 305 g/mol. The SMILES string of the molecule is CN1CCC(NC(=O)c2ccccc2N)CC1.Cl.Cl. The Morgan fingerprint density at radius 3 is 2.42 bits per heavy atom. The summed E-state index contributed by atoms with van der Waals surface area (Å²) in [5, 5.41) is 3.05. The van der Waals surface area contributed by atoms with Crippen molar-refractivity contribution in [3.05, 3.63) is 29.8 Å². The molecule has 0 atom stereocenters. The van der Waals surface area contributed by atoms with E-state index in [1.807, 2.05) is 12.1 Å². The standard InChI is InChI=1S/C13H19N3O.2ClH/c1-16-8-6-10(7-9-16)15-13(17)11-4-2-3-5-12(11)14;;/h2-5,10H,6-9,14H2,1H3,(H,15,17);2*1H. The van der Waals surface area contributed by atoms with Crippen LogP contribution in [0.1, 0.15) is 23.2 Å². The van der Waals surface area contributed by atoms with E-state index in [9.17, 15) is 4.79 Å². The van der Waals surface area contributed by atoms with Crippen LogP contribution in [0.3, 0.4) is 0 Å². The van der Waals surface area contributed by atoms with E-state index in [2.05, 4.69) is 17.3 Å². The Morgan fingerprint density at radius 1 is 1.26 bits per heavy atom. The number of nitrogens with two attached hydrogens (primary N) is 1. The van der Waals surface area contributed by atoms with E-state index >= 15 is 0 Å². The molecule has 1 heterocycles. The number of carbonyl (C=O) groups is 1. The third-order valence-corrected chi connectivity index (χ3v) is 3.26. The van der Waals surface area contributed by atoms with Crippen LogP contribution in [-0.4, -0.2) is 37.0 Å². The van der Waals surface area contributed by atoms with Crippen LogP contribution in [0.4, 0.5) is 5.69 Å². The third kappa shape index (κ3) is 4.90. The van der Waals surface area contributed by atoms with Crippen molar-refractivity contribution in [3.8, 4) is 0 Å². The van der Waals surface area contributed by atoms with Gasteiger partial charge in [-0.25, -0.2) is 0 Å². The fourth-order valence-electron chi connectivity index (χ4n) is 2.12. The molecule has 19 heavy (non-hydrogen) atoms. The highest BCUT2D eigenvalue weighted by atomic mass is 35.5. The number of piperidine rings is 1. The third-order valence-electron chi connectivity index (χ3n) is 3.26. The van der Waals surface area contributed by atoms with Gasteiger partial charge < -0.3 is 16.0 Å². The lowest BCUT2D eigenvalue weighted by Crippen LogP contribution is -2.43. The number of carbonyl (C=O) groups excluding carboxylic acids is 1. The minimum atomic E-state index is -0.0577. The van der Waals surface area contributed by atoms with Gasteiger partial charge in [0.1, 0.15) is 0 Å². The largest absolute Gasteiger partial charge is 0.398 e. The van der Waals surface area contributed by atoms with E-state index in [0.29, 0.717) is 11.3 Å². The number of nitrogen functional groups attached to an aromatic ring is 1.